The zero-order valence-electron chi connectivity index (χ0n) is 15.3. The predicted octanol–water partition coefficient (Wildman–Crippen LogP) is 3.54. The molecule has 28 heavy (non-hydrogen) atoms. The highest BCUT2D eigenvalue weighted by Crippen LogP contribution is 2.24. The minimum Gasteiger partial charge on any atom is -0.454 e. The van der Waals surface area contributed by atoms with Crippen molar-refractivity contribution in [3.63, 3.8) is 0 Å². The number of nitrogens with one attached hydrogen (secondary N) is 1. The second-order valence-corrected chi connectivity index (χ2v) is 6.51. The molecular formula is C21H19N3O4. The summed E-state index contributed by atoms with van der Waals surface area (Å²) in [7, 11) is 0. The molecule has 0 atom stereocenters. The number of urea groups is 1. The van der Waals surface area contributed by atoms with E-state index in [1.54, 1.807) is 29.2 Å². The smallest absolute Gasteiger partial charge is 0.338 e. The van der Waals surface area contributed by atoms with E-state index in [-0.39, 0.29) is 12.6 Å². The van der Waals surface area contributed by atoms with Gasteiger partial charge in [-0.1, -0.05) is 35.5 Å². The lowest BCUT2D eigenvalue weighted by Gasteiger charge is -2.17. The Labute approximate surface area is 161 Å². The second-order valence-electron chi connectivity index (χ2n) is 6.51. The number of benzene rings is 2. The maximum atomic E-state index is 12.4. The van der Waals surface area contributed by atoms with Crippen LogP contribution in [0.15, 0.2) is 59.1 Å². The quantitative estimate of drug-likeness (QED) is 0.688. The number of anilines is 1. The van der Waals surface area contributed by atoms with E-state index in [2.05, 4.69) is 10.5 Å². The first kappa shape index (κ1) is 17.8. The molecular weight excluding hydrogens is 358 g/mol. The van der Waals surface area contributed by atoms with Gasteiger partial charge in [-0.3, -0.25) is 4.90 Å². The van der Waals surface area contributed by atoms with Crippen LogP contribution in [0.5, 0.6) is 0 Å². The van der Waals surface area contributed by atoms with E-state index in [9.17, 15) is 9.59 Å². The molecule has 142 valence electrons. The lowest BCUT2D eigenvalue weighted by molar-refractivity contribution is 0.0437. The van der Waals surface area contributed by atoms with Crippen molar-refractivity contribution in [2.24, 2.45) is 0 Å². The molecule has 4 rings (SSSR count). The molecule has 1 saturated heterocycles. The van der Waals surface area contributed by atoms with Crippen molar-refractivity contribution in [1.82, 2.24) is 10.5 Å². The van der Waals surface area contributed by atoms with E-state index in [0.717, 1.165) is 16.8 Å². The maximum Gasteiger partial charge on any atom is 0.338 e. The van der Waals surface area contributed by atoms with Crippen LogP contribution in [0.2, 0.25) is 0 Å². The van der Waals surface area contributed by atoms with Gasteiger partial charge in [0.05, 0.1) is 5.56 Å². The maximum absolute atomic E-state index is 12.4. The number of aromatic nitrogens is 1. The number of aryl methyl sites for hydroxylation is 1. The van der Waals surface area contributed by atoms with Crippen molar-refractivity contribution >= 4 is 17.7 Å². The van der Waals surface area contributed by atoms with Crippen molar-refractivity contribution in [2.75, 3.05) is 18.0 Å². The molecule has 0 unspecified atom stereocenters. The van der Waals surface area contributed by atoms with E-state index in [0.29, 0.717) is 30.1 Å². The zero-order chi connectivity index (χ0) is 19.5. The number of nitrogens with zero attached hydrogens (tertiary/aromatic N) is 2. The summed E-state index contributed by atoms with van der Waals surface area (Å²) < 4.78 is 10.6. The Morgan fingerprint density at radius 3 is 2.75 bits per heavy atom. The van der Waals surface area contributed by atoms with Crippen LogP contribution in [0, 0.1) is 6.92 Å². The number of carbonyl (C=O) groups excluding carboxylic acids is 2. The number of amides is 2. The number of carbonyl (C=O) groups is 2. The monoisotopic (exact) mass is 377 g/mol. The van der Waals surface area contributed by atoms with E-state index < -0.39 is 5.97 Å². The summed E-state index contributed by atoms with van der Waals surface area (Å²) in [6.07, 6.45) is 0. The van der Waals surface area contributed by atoms with E-state index >= 15 is 0 Å². The van der Waals surface area contributed by atoms with Crippen LogP contribution in [0.1, 0.15) is 21.7 Å². The molecule has 1 aromatic heterocycles. The van der Waals surface area contributed by atoms with Crippen molar-refractivity contribution in [1.29, 1.82) is 0 Å². The molecule has 0 saturated carbocycles. The van der Waals surface area contributed by atoms with Crippen molar-refractivity contribution < 1.29 is 18.8 Å². The largest absolute Gasteiger partial charge is 0.454 e. The zero-order valence-corrected chi connectivity index (χ0v) is 15.3. The van der Waals surface area contributed by atoms with Gasteiger partial charge in [0.25, 0.3) is 0 Å². The molecule has 7 nitrogen and oxygen atoms in total. The standard InChI is InChI=1S/C21H19N3O4/c1-14-11-16(7-8-19(14)24-10-9-22-21(24)26)20(25)27-13-17-12-18(23-28-17)15-5-3-2-4-6-15/h2-8,11-12H,9-10,13H2,1H3,(H,22,26). The minimum atomic E-state index is -0.460. The SMILES string of the molecule is Cc1cc(C(=O)OCc2cc(-c3ccccc3)no2)ccc1N1CCNC1=O. The highest BCUT2D eigenvalue weighted by Gasteiger charge is 2.23. The lowest BCUT2D eigenvalue weighted by Crippen LogP contribution is -2.28. The fraction of sp³-hybridized carbons (Fsp3) is 0.190. The molecule has 1 fully saturated rings. The Morgan fingerprint density at radius 1 is 1.21 bits per heavy atom. The molecule has 3 aromatic rings. The van der Waals surface area contributed by atoms with Gasteiger partial charge in [-0.2, -0.15) is 0 Å². The van der Waals surface area contributed by atoms with E-state index in [1.165, 1.54) is 0 Å². The lowest BCUT2D eigenvalue weighted by atomic mass is 10.1. The van der Waals surface area contributed by atoms with Crippen molar-refractivity contribution in [3.8, 4) is 11.3 Å². The Balaban J connectivity index is 1.41. The number of hydrogen-bond acceptors (Lipinski definition) is 5. The molecule has 1 N–H and O–H groups in total. The van der Waals surface area contributed by atoms with Crippen molar-refractivity contribution in [3.05, 3.63) is 71.5 Å². The van der Waals surface area contributed by atoms with Gasteiger partial charge in [0, 0.05) is 30.4 Å². The number of hydrogen-bond donors (Lipinski definition) is 1. The summed E-state index contributed by atoms with van der Waals surface area (Å²) in [5.41, 5.74) is 3.66. The summed E-state index contributed by atoms with van der Waals surface area (Å²) in [6, 6.07) is 16.4. The fourth-order valence-electron chi connectivity index (χ4n) is 3.13. The average molecular weight is 377 g/mol. The first-order chi connectivity index (χ1) is 13.6. The van der Waals surface area contributed by atoms with E-state index in [1.807, 2.05) is 37.3 Å². The van der Waals surface area contributed by atoms with Gasteiger partial charge in [-0.05, 0) is 30.7 Å². The Kier molecular flexibility index (Phi) is 4.80. The summed E-state index contributed by atoms with van der Waals surface area (Å²) in [4.78, 5) is 25.8. The Morgan fingerprint density at radius 2 is 2.04 bits per heavy atom. The van der Waals surface area contributed by atoms with Gasteiger partial charge < -0.3 is 14.6 Å². The molecule has 0 radical (unpaired) electrons. The molecule has 0 aliphatic carbocycles. The van der Waals surface area contributed by atoms with Gasteiger partial charge in [-0.15, -0.1) is 0 Å². The molecule has 0 spiro atoms. The third-order valence-electron chi connectivity index (χ3n) is 4.55. The average Bonchev–Trinajstić information content (AvgIpc) is 3.36. The highest BCUT2D eigenvalue weighted by molar-refractivity contribution is 5.96. The van der Waals surface area contributed by atoms with Gasteiger partial charge in [0.15, 0.2) is 12.4 Å². The van der Waals surface area contributed by atoms with Crippen LogP contribution in [0.25, 0.3) is 11.3 Å². The van der Waals surface area contributed by atoms with Gasteiger partial charge >= 0.3 is 12.0 Å². The summed E-state index contributed by atoms with van der Waals surface area (Å²) in [5.74, 6) is 0.00691. The first-order valence-electron chi connectivity index (χ1n) is 8.96. The fourth-order valence-corrected chi connectivity index (χ4v) is 3.13. The van der Waals surface area contributed by atoms with Crippen LogP contribution >= 0.6 is 0 Å². The molecule has 1 aliphatic rings. The molecule has 2 amide bonds. The van der Waals surface area contributed by atoms with Crippen molar-refractivity contribution in [2.45, 2.75) is 13.5 Å². The number of esters is 1. The second kappa shape index (κ2) is 7.56. The minimum absolute atomic E-state index is 0.00596. The first-order valence-corrected chi connectivity index (χ1v) is 8.96. The highest BCUT2D eigenvalue weighted by atomic mass is 16.5. The number of ether oxygens (including phenoxy) is 1. The molecule has 2 aromatic carbocycles. The Bertz CT molecular complexity index is 1010. The Hall–Kier alpha value is -3.61. The summed E-state index contributed by atoms with van der Waals surface area (Å²) in [5, 5.41) is 6.77. The van der Waals surface area contributed by atoms with Crippen LogP contribution in [0.3, 0.4) is 0 Å². The van der Waals surface area contributed by atoms with Gasteiger partial charge in [0.2, 0.25) is 0 Å². The molecule has 1 aliphatic heterocycles. The third kappa shape index (κ3) is 3.59. The van der Waals surface area contributed by atoms with Crippen LogP contribution in [-0.4, -0.2) is 30.2 Å². The molecule has 0 bridgehead atoms. The van der Waals surface area contributed by atoms with Crippen LogP contribution in [0.4, 0.5) is 10.5 Å². The normalized spacial score (nSPS) is 13.5. The topological polar surface area (TPSA) is 84.7 Å². The van der Waals surface area contributed by atoms with Crippen LogP contribution in [-0.2, 0) is 11.3 Å². The van der Waals surface area contributed by atoms with Crippen LogP contribution < -0.4 is 10.2 Å². The molecule has 2 heterocycles. The van der Waals surface area contributed by atoms with Gasteiger partial charge in [0.1, 0.15) is 5.69 Å². The predicted molar refractivity (Wildman–Crippen MR) is 103 cm³/mol. The van der Waals surface area contributed by atoms with E-state index in [4.69, 9.17) is 9.26 Å². The summed E-state index contributed by atoms with van der Waals surface area (Å²) >= 11 is 0. The van der Waals surface area contributed by atoms with Gasteiger partial charge in [-0.25, -0.2) is 9.59 Å². The third-order valence-corrected chi connectivity index (χ3v) is 4.55. The number of rotatable bonds is 5. The molecule has 7 heteroatoms. The summed E-state index contributed by atoms with van der Waals surface area (Å²) in [6.45, 7) is 3.08.